The average molecular weight is 464 g/mol. The maximum Gasteiger partial charge on any atom is 0.159 e. The van der Waals surface area contributed by atoms with Crippen molar-refractivity contribution in [3.05, 3.63) is 18.2 Å². The molecule has 0 aliphatic heterocycles. The number of ketones is 1. The van der Waals surface area contributed by atoms with Crippen molar-refractivity contribution in [3.63, 3.8) is 0 Å². The van der Waals surface area contributed by atoms with Crippen molar-refractivity contribution in [1.82, 2.24) is 15.0 Å². The first kappa shape index (κ1) is 22.5. The molecule has 2 aromatic rings. The molecule has 0 saturated heterocycles. The average Bonchev–Trinajstić information content (AvgIpc) is 3.38. The molecule has 1 aromatic carbocycles. The third-order valence-corrected chi connectivity index (χ3v) is 11.2. The summed E-state index contributed by atoms with van der Waals surface area (Å²) in [6.07, 6.45) is 11.9. The van der Waals surface area contributed by atoms with E-state index in [1.165, 1.54) is 51.4 Å². The number of methoxy groups -OCH3 is 1. The predicted molar refractivity (Wildman–Crippen MR) is 133 cm³/mol. The zero-order valence-electron chi connectivity index (χ0n) is 21.4. The fourth-order valence-corrected chi connectivity index (χ4v) is 9.39. The zero-order chi connectivity index (χ0) is 23.7. The molecule has 184 valence electrons. The van der Waals surface area contributed by atoms with Crippen molar-refractivity contribution in [2.24, 2.45) is 46.3 Å². The van der Waals surface area contributed by atoms with Gasteiger partial charge in [-0.15, -0.1) is 0 Å². The SMILES string of the molecule is COc1ccc2nn(CC(=O)[C@H]3CCC4C5CCC6CC(C)CCC6(C)C5CCC43C)nc2c1. The lowest BCUT2D eigenvalue weighted by Gasteiger charge is -2.61. The molecule has 5 nitrogen and oxygen atoms in total. The number of ether oxygens (including phenoxy) is 1. The molecule has 4 aliphatic carbocycles. The number of carbonyl (C=O) groups is 1. The van der Waals surface area contributed by atoms with E-state index in [1.807, 2.05) is 18.2 Å². The Morgan fingerprint density at radius 1 is 1.00 bits per heavy atom. The van der Waals surface area contributed by atoms with Crippen LogP contribution in [0.2, 0.25) is 0 Å². The summed E-state index contributed by atoms with van der Waals surface area (Å²) in [7, 11) is 1.66. The second-order valence-corrected chi connectivity index (χ2v) is 12.8. The summed E-state index contributed by atoms with van der Waals surface area (Å²) in [5.74, 6) is 5.50. The largest absolute Gasteiger partial charge is 0.497 e. The van der Waals surface area contributed by atoms with Crippen molar-refractivity contribution in [2.75, 3.05) is 7.11 Å². The minimum Gasteiger partial charge on any atom is -0.497 e. The van der Waals surface area contributed by atoms with E-state index >= 15 is 0 Å². The standard InChI is InChI=1S/C29H41N3O2/c1-18-11-13-28(2)19(15-18)5-7-21-22-8-9-24(29(22,3)14-12-23(21)28)27(33)17-32-30-25-10-6-20(34-4)16-26(25)31-32/h6,10,16,18-19,21-24H,5,7-9,11-15,17H2,1-4H3/t18?,19?,21?,22?,23?,24-,28?,29?/m1/s1. The van der Waals surface area contributed by atoms with Gasteiger partial charge in [-0.1, -0.05) is 27.2 Å². The van der Waals surface area contributed by atoms with Gasteiger partial charge in [0, 0.05) is 12.0 Å². The van der Waals surface area contributed by atoms with Gasteiger partial charge in [0.25, 0.3) is 0 Å². The summed E-state index contributed by atoms with van der Waals surface area (Å²) in [5.41, 5.74) is 2.30. The van der Waals surface area contributed by atoms with Crippen LogP contribution in [0.3, 0.4) is 0 Å². The molecular formula is C29H41N3O2. The molecule has 8 atom stereocenters. The van der Waals surface area contributed by atoms with Gasteiger partial charge in [0.05, 0.1) is 7.11 Å². The Labute approximate surface area is 204 Å². The summed E-state index contributed by atoms with van der Waals surface area (Å²) in [6.45, 7) is 7.85. The molecule has 4 fully saturated rings. The Hall–Kier alpha value is -1.91. The summed E-state index contributed by atoms with van der Waals surface area (Å²) < 4.78 is 5.31. The molecule has 0 radical (unpaired) electrons. The van der Waals surface area contributed by atoms with Crippen molar-refractivity contribution in [3.8, 4) is 5.75 Å². The van der Waals surface area contributed by atoms with Crippen LogP contribution in [0, 0.1) is 46.3 Å². The number of hydrogen-bond donors (Lipinski definition) is 0. The normalized spacial score (nSPS) is 41.5. The number of fused-ring (bicyclic) bond motifs is 6. The molecule has 1 aromatic heterocycles. The van der Waals surface area contributed by atoms with E-state index in [9.17, 15) is 4.79 Å². The monoisotopic (exact) mass is 463 g/mol. The second kappa shape index (κ2) is 8.06. The fourth-order valence-electron chi connectivity index (χ4n) is 9.39. The highest BCUT2D eigenvalue weighted by molar-refractivity contribution is 5.82. The lowest BCUT2D eigenvalue weighted by atomic mass is 9.44. The molecule has 0 spiro atoms. The minimum absolute atomic E-state index is 0.152. The minimum atomic E-state index is 0.152. The van der Waals surface area contributed by atoms with Crippen LogP contribution in [0.5, 0.6) is 5.75 Å². The molecule has 4 saturated carbocycles. The van der Waals surface area contributed by atoms with E-state index in [4.69, 9.17) is 4.74 Å². The van der Waals surface area contributed by atoms with Gasteiger partial charge < -0.3 is 4.74 Å². The highest BCUT2D eigenvalue weighted by Crippen LogP contribution is 2.67. The summed E-state index contributed by atoms with van der Waals surface area (Å²) >= 11 is 0. The number of aromatic nitrogens is 3. The van der Waals surface area contributed by atoms with Crippen LogP contribution in [0.15, 0.2) is 18.2 Å². The highest BCUT2D eigenvalue weighted by atomic mass is 16.5. The lowest BCUT2D eigenvalue weighted by Crippen LogP contribution is -2.53. The predicted octanol–water partition coefficient (Wildman–Crippen LogP) is 6.30. The van der Waals surface area contributed by atoms with Crippen LogP contribution >= 0.6 is 0 Å². The molecule has 7 unspecified atom stereocenters. The van der Waals surface area contributed by atoms with E-state index in [-0.39, 0.29) is 17.9 Å². The first-order valence-electron chi connectivity index (χ1n) is 13.7. The van der Waals surface area contributed by atoms with Gasteiger partial charge in [-0.2, -0.15) is 15.0 Å². The van der Waals surface area contributed by atoms with Crippen LogP contribution in [-0.2, 0) is 11.3 Å². The maximum atomic E-state index is 13.6. The van der Waals surface area contributed by atoms with E-state index in [2.05, 4.69) is 31.0 Å². The molecular weight excluding hydrogens is 422 g/mol. The van der Waals surface area contributed by atoms with Gasteiger partial charge in [0.2, 0.25) is 0 Å². The summed E-state index contributed by atoms with van der Waals surface area (Å²) in [5, 5.41) is 9.17. The first-order valence-corrected chi connectivity index (χ1v) is 13.7. The van der Waals surface area contributed by atoms with Crippen molar-refractivity contribution in [1.29, 1.82) is 0 Å². The molecule has 6 rings (SSSR count). The summed E-state index contributed by atoms with van der Waals surface area (Å²) in [4.78, 5) is 15.3. The van der Waals surface area contributed by atoms with Gasteiger partial charge in [-0.3, -0.25) is 4.79 Å². The topological polar surface area (TPSA) is 57.0 Å². The Kier molecular flexibility index (Phi) is 5.35. The highest BCUT2D eigenvalue weighted by Gasteiger charge is 2.60. The van der Waals surface area contributed by atoms with Crippen LogP contribution in [0.1, 0.15) is 78.6 Å². The number of benzene rings is 1. The Morgan fingerprint density at radius 3 is 2.59 bits per heavy atom. The number of Topliss-reactive ketones (excluding diaryl/α,β-unsaturated/α-hetero) is 1. The third kappa shape index (κ3) is 3.36. The van der Waals surface area contributed by atoms with Crippen LogP contribution in [0.25, 0.3) is 11.0 Å². The van der Waals surface area contributed by atoms with Gasteiger partial charge in [-0.05, 0) is 104 Å². The Bertz CT molecular complexity index is 1090. The number of carbonyl (C=O) groups excluding carboxylic acids is 1. The maximum absolute atomic E-state index is 13.6. The quantitative estimate of drug-likeness (QED) is 0.534. The lowest BCUT2D eigenvalue weighted by molar-refractivity contribution is -0.137. The molecule has 1 heterocycles. The molecule has 0 bridgehead atoms. The molecule has 5 heteroatoms. The van der Waals surface area contributed by atoms with E-state index < -0.39 is 0 Å². The number of hydrogen-bond acceptors (Lipinski definition) is 4. The molecule has 4 aliphatic rings. The Morgan fingerprint density at radius 2 is 1.76 bits per heavy atom. The van der Waals surface area contributed by atoms with Crippen LogP contribution in [0.4, 0.5) is 0 Å². The van der Waals surface area contributed by atoms with Crippen molar-refractivity contribution in [2.45, 2.75) is 85.1 Å². The number of rotatable bonds is 4. The van der Waals surface area contributed by atoms with E-state index in [1.54, 1.807) is 11.9 Å². The number of nitrogens with zero attached hydrogens (tertiary/aromatic N) is 3. The summed E-state index contributed by atoms with van der Waals surface area (Å²) in [6, 6.07) is 5.70. The smallest absolute Gasteiger partial charge is 0.159 e. The third-order valence-electron chi connectivity index (χ3n) is 11.2. The van der Waals surface area contributed by atoms with Gasteiger partial charge >= 0.3 is 0 Å². The second-order valence-electron chi connectivity index (χ2n) is 12.8. The first-order chi connectivity index (χ1) is 16.3. The van der Waals surface area contributed by atoms with Crippen molar-refractivity contribution < 1.29 is 9.53 Å². The van der Waals surface area contributed by atoms with E-state index in [0.29, 0.717) is 17.1 Å². The van der Waals surface area contributed by atoms with Crippen LogP contribution in [-0.4, -0.2) is 27.9 Å². The molecule has 0 amide bonds. The van der Waals surface area contributed by atoms with Gasteiger partial charge in [0.1, 0.15) is 23.3 Å². The van der Waals surface area contributed by atoms with Gasteiger partial charge in [0.15, 0.2) is 5.78 Å². The molecule has 34 heavy (non-hydrogen) atoms. The zero-order valence-corrected chi connectivity index (χ0v) is 21.4. The Balaban J connectivity index is 1.20. The van der Waals surface area contributed by atoms with Crippen molar-refractivity contribution >= 4 is 16.8 Å². The molecule has 0 N–H and O–H groups in total. The fraction of sp³-hybridized carbons (Fsp3) is 0.759. The van der Waals surface area contributed by atoms with E-state index in [0.717, 1.165) is 46.9 Å². The van der Waals surface area contributed by atoms with Gasteiger partial charge in [-0.25, -0.2) is 0 Å². The van der Waals surface area contributed by atoms with Crippen LogP contribution < -0.4 is 4.74 Å².